The Labute approximate surface area is 179 Å². The Hall–Kier alpha value is -2.52. The number of piperidine rings is 1. The minimum atomic E-state index is -0.273. The molecule has 0 aliphatic carbocycles. The molecular weight excluding hydrogens is 456 g/mol. The van der Waals surface area contributed by atoms with Crippen LogP contribution in [0.3, 0.4) is 0 Å². The topological polar surface area (TPSA) is 84.3 Å². The maximum atomic E-state index is 12.7. The van der Waals surface area contributed by atoms with Crippen molar-refractivity contribution in [1.29, 1.82) is 0 Å². The number of thiophene rings is 1. The first-order valence-corrected chi connectivity index (χ1v) is 10.9. The summed E-state index contributed by atoms with van der Waals surface area (Å²) in [7, 11) is 0. The van der Waals surface area contributed by atoms with Crippen molar-refractivity contribution in [3.8, 4) is 0 Å². The first-order valence-electron chi connectivity index (χ1n) is 9.26. The number of aryl methyl sites for hydroxylation is 1. The monoisotopic (exact) mass is 474 g/mol. The molecule has 0 radical (unpaired) electrons. The molecule has 3 heterocycles. The summed E-state index contributed by atoms with van der Waals surface area (Å²) in [6.45, 7) is 2.70. The second-order valence-corrected chi connectivity index (χ2v) is 8.80. The molecule has 3 aromatic rings. The number of carbonyl (C=O) groups excluding carboxylic acids is 2. The number of nitrogens with one attached hydrogen (secondary N) is 1. The van der Waals surface area contributed by atoms with Gasteiger partial charge in [0, 0.05) is 29.0 Å². The Balaban J connectivity index is 1.41. The van der Waals surface area contributed by atoms with E-state index in [1.54, 1.807) is 30.0 Å². The van der Waals surface area contributed by atoms with Crippen LogP contribution in [0.5, 0.6) is 0 Å². The highest BCUT2D eigenvalue weighted by molar-refractivity contribution is 9.10. The summed E-state index contributed by atoms with van der Waals surface area (Å²) in [5.41, 5.74) is 3.07. The molecule has 9 heteroatoms. The molecule has 1 aliphatic heterocycles. The van der Waals surface area contributed by atoms with E-state index in [0.717, 1.165) is 4.47 Å². The van der Waals surface area contributed by atoms with Crippen molar-refractivity contribution in [1.82, 2.24) is 14.6 Å². The fourth-order valence-electron chi connectivity index (χ4n) is 3.47. The highest BCUT2D eigenvalue weighted by Crippen LogP contribution is 2.21. The number of benzene rings is 1. The molecule has 1 saturated heterocycles. The van der Waals surface area contributed by atoms with Crippen molar-refractivity contribution < 1.29 is 9.59 Å². The molecule has 7 nitrogen and oxygen atoms in total. The summed E-state index contributed by atoms with van der Waals surface area (Å²) in [5.74, 6) is -0.0626. The van der Waals surface area contributed by atoms with Gasteiger partial charge >= 0.3 is 0 Å². The predicted molar refractivity (Wildman–Crippen MR) is 116 cm³/mol. The molecule has 1 N–H and O–H groups in total. The van der Waals surface area contributed by atoms with Gasteiger partial charge in [-0.15, -0.1) is 11.3 Å². The summed E-state index contributed by atoms with van der Waals surface area (Å²) in [5, 5.41) is 2.30. The van der Waals surface area contributed by atoms with E-state index in [0.29, 0.717) is 47.5 Å². The standard InChI is InChI=1S/C20H19BrN4O3S/c1-12-22-18-16(8-11-29-18)20(28)25(12)23-17(26)13-6-9-24(10-7-13)19(27)14-2-4-15(21)5-3-14/h2-5,8,11,13H,6-7,9-10H2,1H3,(H,23,26). The molecule has 0 spiro atoms. The van der Waals surface area contributed by atoms with E-state index < -0.39 is 0 Å². The van der Waals surface area contributed by atoms with E-state index in [1.165, 1.54) is 16.0 Å². The average Bonchev–Trinajstić information content (AvgIpc) is 3.19. The SMILES string of the molecule is Cc1nc2sccc2c(=O)n1NC(=O)C1CCN(C(=O)c2ccc(Br)cc2)CC1. The molecule has 29 heavy (non-hydrogen) atoms. The lowest BCUT2D eigenvalue weighted by Gasteiger charge is -2.31. The highest BCUT2D eigenvalue weighted by atomic mass is 79.9. The number of rotatable bonds is 3. The van der Waals surface area contributed by atoms with Gasteiger partial charge in [0.05, 0.1) is 5.39 Å². The maximum Gasteiger partial charge on any atom is 0.281 e. The van der Waals surface area contributed by atoms with Crippen LogP contribution in [0, 0.1) is 12.8 Å². The van der Waals surface area contributed by atoms with Crippen LogP contribution >= 0.6 is 27.3 Å². The number of halogens is 1. The maximum absolute atomic E-state index is 12.7. The molecule has 0 saturated carbocycles. The van der Waals surface area contributed by atoms with Crippen molar-refractivity contribution in [2.75, 3.05) is 18.5 Å². The van der Waals surface area contributed by atoms with Gasteiger partial charge in [0.15, 0.2) is 0 Å². The van der Waals surface area contributed by atoms with Gasteiger partial charge in [-0.1, -0.05) is 15.9 Å². The lowest BCUT2D eigenvalue weighted by Crippen LogP contribution is -2.44. The number of nitrogens with zero attached hydrogens (tertiary/aromatic N) is 3. The molecule has 1 fully saturated rings. The Kier molecular flexibility index (Phi) is 5.51. The van der Waals surface area contributed by atoms with Gasteiger partial charge in [0.1, 0.15) is 10.7 Å². The second kappa shape index (κ2) is 8.08. The zero-order valence-corrected chi connectivity index (χ0v) is 18.1. The van der Waals surface area contributed by atoms with Crippen LogP contribution in [0.25, 0.3) is 10.2 Å². The van der Waals surface area contributed by atoms with Gasteiger partial charge in [-0.25, -0.2) is 9.66 Å². The van der Waals surface area contributed by atoms with Crippen LogP contribution in [0.4, 0.5) is 0 Å². The summed E-state index contributed by atoms with van der Waals surface area (Å²) in [6, 6.07) is 8.96. The lowest BCUT2D eigenvalue weighted by atomic mass is 9.95. The minimum absolute atomic E-state index is 0.0319. The summed E-state index contributed by atoms with van der Waals surface area (Å²) >= 11 is 4.76. The Morgan fingerprint density at radius 2 is 1.86 bits per heavy atom. The molecule has 150 valence electrons. The van der Waals surface area contributed by atoms with Crippen molar-refractivity contribution >= 4 is 49.3 Å². The molecule has 2 amide bonds. The van der Waals surface area contributed by atoms with Crippen LogP contribution in [0.2, 0.25) is 0 Å². The molecular formula is C20H19BrN4O3S. The third-order valence-corrected chi connectivity index (χ3v) is 6.47. The molecule has 1 aromatic carbocycles. The number of likely N-dealkylation sites (tertiary alicyclic amines) is 1. The van der Waals surface area contributed by atoms with E-state index in [4.69, 9.17) is 0 Å². The van der Waals surface area contributed by atoms with Crippen molar-refractivity contribution in [2.24, 2.45) is 5.92 Å². The van der Waals surface area contributed by atoms with Gasteiger partial charge in [0.25, 0.3) is 11.5 Å². The van der Waals surface area contributed by atoms with Crippen LogP contribution in [0.1, 0.15) is 29.0 Å². The zero-order valence-electron chi connectivity index (χ0n) is 15.7. The van der Waals surface area contributed by atoms with E-state index >= 15 is 0 Å². The molecule has 2 aromatic heterocycles. The normalized spacial score (nSPS) is 14.9. The van der Waals surface area contributed by atoms with Crippen molar-refractivity contribution in [3.63, 3.8) is 0 Å². The number of hydrogen-bond donors (Lipinski definition) is 1. The number of hydrogen-bond acceptors (Lipinski definition) is 5. The van der Waals surface area contributed by atoms with Crippen LogP contribution < -0.4 is 11.0 Å². The fourth-order valence-corrected chi connectivity index (χ4v) is 4.53. The lowest BCUT2D eigenvalue weighted by molar-refractivity contribution is -0.122. The van der Waals surface area contributed by atoms with E-state index in [1.807, 2.05) is 17.5 Å². The van der Waals surface area contributed by atoms with E-state index in [2.05, 4.69) is 26.3 Å². The Morgan fingerprint density at radius 1 is 1.17 bits per heavy atom. The van der Waals surface area contributed by atoms with Gasteiger partial charge in [-0.2, -0.15) is 0 Å². The van der Waals surface area contributed by atoms with Gasteiger partial charge in [-0.05, 0) is 55.5 Å². The van der Waals surface area contributed by atoms with E-state index in [-0.39, 0.29) is 23.3 Å². The van der Waals surface area contributed by atoms with Crippen LogP contribution in [-0.2, 0) is 4.79 Å². The molecule has 4 rings (SSSR count). The van der Waals surface area contributed by atoms with Gasteiger partial charge in [0.2, 0.25) is 5.91 Å². The number of carbonyl (C=O) groups is 2. The summed E-state index contributed by atoms with van der Waals surface area (Å²) in [4.78, 5) is 44.8. The van der Waals surface area contributed by atoms with Gasteiger partial charge in [-0.3, -0.25) is 19.8 Å². The van der Waals surface area contributed by atoms with E-state index in [9.17, 15) is 14.4 Å². The zero-order chi connectivity index (χ0) is 20.5. The Bertz CT molecular complexity index is 1130. The number of fused-ring (bicyclic) bond motifs is 1. The summed E-state index contributed by atoms with van der Waals surface area (Å²) in [6.07, 6.45) is 1.10. The highest BCUT2D eigenvalue weighted by Gasteiger charge is 2.28. The van der Waals surface area contributed by atoms with Crippen molar-refractivity contribution in [3.05, 3.63) is 61.9 Å². The summed E-state index contributed by atoms with van der Waals surface area (Å²) < 4.78 is 2.14. The molecule has 0 atom stereocenters. The van der Waals surface area contributed by atoms with Crippen LogP contribution in [-0.4, -0.2) is 39.5 Å². The Morgan fingerprint density at radius 3 is 2.55 bits per heavy atom. The smallest absolute Gasteiger partial charge is 0.281 e. The number of amides is 2. The second-order valence-electron chi connectivity index (χ2n) is 6.99. The molecule has 0 unspecified atom stereocenters. The first kappa shape index (κ1) is 19.8. The van der Waals surface area contributed by atoms with Crippen molar-refractivity contribution in [2.45, 2.75) is 19.8 Å². The third kappa shape index (κ3) is 3.97. The molecule has 0 bridgehead atoms. The average molecular weight is 475 g/mol. The quantitative estimate of drug-likeness (QED) is 0.631. The largest absolute Gasteiger partial charge is 0.339 e. The first-order chi connectivity index (χ1) is 13.9. The van der Waals surface area contributed by atoms with Crippen LogP contribution in [0.15, 0.2) is 45.0 Å². The van der Waals surface area contributed by atoms with Gasteiger partial charge < -0.3 is 4.90 Å². The minimum Gasteiger partial charge on any atom is -0.339 e. The fraction of sp³-hybridized carbons (Fsp3) is 0.300. The third-order valence-electron chi connectivity index (χ3n) is 5.13. The predicted octanol–water partition coefficient (Wildman–Crippen LogP) is 3.15. The number of aromatic nitrogens is 2. The molecule has 1 aliphatic rings.